The smallest absolute Gasteiger partial charge is 0.256 e. The number of nitrogens with two attached hydrogens (primary N) is 1. The summed E-state index contributed by atoms with van der Waals surface area (Å²) in [5.74, 6) is -0.168. The molecule has 0 unspecified atom stereocenters. The fraction of sp³-hybridized carbons (Fsp3) is 0.0952. The summed E-state index contributed by atoms with van der Waals surface area (Å²) in [5, 5.41) is 6.81. The monoisotopic (exact) mass is 358 g/mol. The van der Waals surface area contributed by atoms with Crippen LogP contribution in [0.1, 0.15) is 15.9 Å². The number of H-pyrrole nitrogens is 1. The second-order valence-electron chi connectivity index (χ2n) is 6.56. The van der Waals surface area contributed by atoms with Gasteiger partial charge in [0.05, 0.1) is 11.8 Å². The number of nitrogen functional groups attached to an aromatic ring is 1. The van der Waals surface area contributed by atoms with Crippen LogP contribution in [0, 0.1) is 0 Å². The summed E-state index contributed by atoms with van der Waals surface area (Å²) in [6, 6.07) is 11.8. The zero-order chi connectivity index (χ0) is 19.0. The van der Waals surface area contributed by atoms with Crippen molar-refractivity contribution < 1.29 is 9.59 Å². The van der Waals surface area contributed by atoms with Gasteiger partial charge >= 0.3 is 0 Å². The maximum absolute atomic E-state index is 12.8. The van der Waals surface area contributed by atoms with Gasteiger partial charge in [-0.1, -0.05) is 30.8 Å². The van der Waals surface area contributed by atoms with Crippen LogP contribution >= 0.6 is 0 Å². The van der Waals surface area contributed by atoms with Crippen molar-refractivity contribution in [1.29, 1.82) is 0 Å². The predicted octanol–water partition coefficient (Wildman–Crippen LogP) is 3.04. The Morgan fingerprint density at radius 2 is 2.07 bits per heavy atom. The average molecular weight is 358 g/mol. The highest BCUT2D eigenvalue weighted by atomic mass is 16.2. The summed E-state index contributed by atoms with van der Waals surface area (Å²) in [7, 11) is 0. The Hall–Kier alpha value is -3.67. The lowest BCUT2D eigenvalue weighted by atomic mass is 9.94. The minimum Gasteiger partial charge on any atom is -0.398 e. The molecule has 3 N–H and O–H groups in total. The minimum atomic E-state index is -0.168. The van der Waals surface area contributed by atoms with Crippen molar-refractivity contribution in [2.24, 2.45) is 0 Å². The van der Waals surface area contributed by atoms with Crippen LogP contribution in [0.3, 0.4) is 0 Å². The van der Waals surface area contributed by atoms with E-state index in [0.29, 0.717) is 29.7 Å². The summed E-state index contributed by atoms with van der Waals surface area (Å²) in [5.41, 5.74) is 12.3. The minimum absolute atomic E-state index is 0.168. The number of rotatable bonds is 5. The number of aldehydes is 1. The third kappa shape index (κ3) is 2.91. The summed E-state index contributed by atoms with van der Waals surface area (Å²) in [4.78, 5) is 25.3. The van der Waals surface area contributed by atoms with Crippen LogP contribution in [0.25, 0.3) is 22.3 Å². The standard InChI is InChI=1S/C21H18N4O2/c1-13(12-26)10-25-11-18-17(5-6-19(22)20(18)21(25)27)15-4-2-3-14(7-15)16-8-23-24-9-16/h2-9,12H,1,10-11,22H2,(H,23,24). The van der Waals surface area contributed by atoms with E-state index in [4.69, 9.17) is 5.73 Å². The number of nitrogens with one attached hydrogen (secondary N) is 1. The molecule has 2 aromatic carbocycles. The zero-order valence-electron chi connectivity index (χ0n) is 14.6. The number of fused-ring (bicyclic) bond motifs is 1. The molecule has 0 spiro atoms. The molecule has 0 fully saturated rings. The van der Waals surface area contributed by atoms with Crippen molar-refractivity contribution in [3.05, 3.63) is 72.1 Å². The third-order valence-corrected chi connectivity index (χ3v) is 4.76. The van der Waals surface area contributed by atoms with Gasteiger partial charge in [-0.2, -0.15) is 5.10 Å². The number of amides is 1. The largest absolute Gasteiger partial charge is 0.398 e. The Morgan fingerprint density at radius 3 is 2.81 bits per heavy atom. The number of carbonyl (C=O) groups is 2. The highest BCUT2D eigenvalue weighted by Gasteiger charge is 2.31. The second kappa shape index (κ2) is 6.57. The lowest BCUT2D eigenvalue weighted by molar-refractivity contribution is -0.105. The van der Waals surface area contributed by atoms with E-state index in [-0.39, 0.29) is 12.5 Å². The normalized spacial score (nSPS) is 12.9. The topological polar surface area (TPSA) is 92.1 Å². The first kappa shape index (κ1) is 16.8. The lowest BCUT2D eigenvalue weighted by Crippen LogP contribution is -2.26. The van der Waals surface area contributed by atoms with Crippen LogP contribution in [-0.2, 0) is 11.3 Å². The molecule has 0 saturated heterocycles. The van der Waals surface area contributed by atoms with E-state index in [2.05, 4.69) is 22.8 Å². The van der Waals surface area contributed by atoms with E-state index in [9.17, 15) is 9.59 Å². The SMILES string of the molecule is C=C(C=O)CN1Cc2c(-c3cccc(-c4cn[nH]c4)c3)ccc(N)c2C1=O. The van der Waals surface area contributed by atoms with Crippen LogP contribution in [0.5, 0.6) is 0 Å². The molecule has 3 aromatic rings. The molecule has 1 aromatic heterocycles. The molecular formula is C21H18N4O2. The fourth-order valence-electron chi connectivity index (χ4n) is 3.46. The van der Waals surface area contributed by atoms with Gasteiger partial charge in [-0.25, -0.2) is 0 Å². The van der Waals surface area contributed by atoms with Gasteiger partial charge in [0, 0.05) is 36.1 Å². The second-order valence-corrected chi connectivity index (χ2v) is 6.56. The van der Waals surface area contributed by atoms with E-state index in [1.165, 1.54) is 0 Å². The van der Waals surface area contributed by atoms with Crippen molar-refractivity contribution in [1.82, 2.24) is 15.1 Å². The van der Waals surface area contributed by atoms with Gasteiger partial charge < -0.3 is 10.6 Å². The van der Waals surface area contributed by atoms with Crippen LogP contribution in [0.15, 0.2) is 60.9 Å². The Kier molecular flexibility index (Phi) is 4.08. The number of benzene rings is 2. The van der Waals surface area contributed by atoms with Crippen molar-refractivity contribution in [3.8, 4) is 22.3 Å². The number of hydrogen-bond donors (Lipinski definition) is 2. The van der Waals surface area contributed by atoms with Crippen molar-refractivity contribution in [2.75, 3.05) is 12.3 Å². The van der Waals surface area contributed by atoms with E-state index in [1.807, 2.05) is 30.5 Å². The molecule has 1 amide bonds. The molecule has 0 radical (unpaired) electrons. The van der Waals surface area contributed by atoms with E-state index in [1.54, 1.807) is 17.2 Å². The third-order valence-electron chi connectivity index (χ3n) is 4.76. The van der Waals surface area contributed by atoms with E-state index >= 15 is 0 Å². The van der Waals surface area contributed by atoms with Gasteiger partial charge in [0.15, 0.2) is 0 Å². The first-order valence-corrected chi connectivity index (χ1v) is 8.51. The van der Waals surface area contributed by atoms with Crippen LogP contribution in [0.4, 0.5) is 5.69 Å². The number of aromatic amines is 1. The van der Waals surface area contributed by atoms with Crippen LogP contribution in [0.2, 0.25) is 0 Å². The highest BCUT2D eigenvalue weighted by Crippen LogP contribution is 2.37. The van der Waals surface area contributed by atoms with Gasteiger partial charge in [0.25, 0.3) is 5.91 Å². The quantitative estimate of drug-likeness (QED) is 0.417. The number of anilines is 1. The highest BCUT2D eigenvalue weighted by molar-refractivity contribution is 6.05. The van der Waals surface area contributed by atoms with Crippen molar-refractivity contribution in [3.63, 3.8) is 0 Å². The summed E-state index contributed by atoms with van der Waals surface area (Å²) in [6.07, 6.45) is 4.28. The Labute approximate surface area is 156 Å². The zero-order valence-corrected chi connectivity index (χ0v) is 14.6. The van der Waals surface area contributed by atoms with Gasteiger partial charge in [-0.05, 0) is 34.4 Å². The van der Waals surface area contributed by atoms with Crippen LogP contribution in [-0.4, -0.2) is 33.8 Å². The summed E-state index contributed by atoms with van der Waals surface area (Å²) < 4.78 is 0. The molecular weight excluding hydrogens is 340 g/mol. The summed E-state index contributed by atoms with van der Waals surface area (Å²) in [6.45, 7) is 4.27. The maximum Gasteiger partial charge on any atom is 0.256 e. The van der Waals surface area contributed by atoms with E-state index in [0.717, 1.165) is 27.8 Å². The number of carbonyl (C=O) groups excluding carboxylic acids is 2. The van der Waals surface area contributed by atoms with Crippen molar-refractivity contribution in [2.45, 2.75) is 6.54 Å². The number of aromatic nitrogens is 2. The molecule has 1 aliphatic rings. The van der Waals surface area contributed by atoms with Crippen molar-refractivity contribution >= 4 is 17.9 Å². The molecule has 0 aliphatic carbocycles. The Morgan fingerprint density at radius 1 is 1.26 bits per heavy atom. The van der Waals surface area contributed by atoms with Gasteiger partial charge in [0.2, 0.25) is 0 Å². The van der Waals surface area contributed by atoms with Gasteiger partial charge in [0.1, 0.15) is 6.29 Å². The molecule has 0 atom stereocenters. The molecule has 2 heterocycles. The van der Waals surface area contributed by atoms with E-state index < -0.39 is 0 Å². The number of nitrogens with zero attached hydrogens (tertiary/aromatic N) is 2. The molecule has 4 rings (SSSR count). The molecule has 0 bridgehead atoms. The molecule has 6 heteroatoms. The van der Waals surface area contributed by atoms with Gasteiger partial charge in [-0.15, -0.1) is 0 Å². The molecule has 134 valence electrons. The Balaban J connectivity index is 1.78. The molecule has 27 heavy (non-hydrogen) atoms. The first-order valence-electron chi connectivity index (χ1n) is 8.51. The van der Waals surface area contributed by atoms with Gasteiger partial charge in [-0.3, -0.25) is 14.7 Å². The lowest BCUT2D eigenvalue weighted by Gasteiger charge is -2.15. The predicted molar refractivity (Wildman–Crippen MR) is 104 cm³/mol. The molecule has 0 saturated carbocycles. The first-order chi connectivity index (χ1) is 13.1. The molecule has 1 aliphatic heterocycles. The maximum atomic E-state index is 12.8. The molecule has 6 nitrogen and oxygen atoms in total. The Bertz CT molecular complexity index is 1050. The summed E-state index contributed by atoms with van der Waals surface area (Å²) >= 11 is 0. The number of hydrogen-bond acceptors (Lipinski definition) is 4. The fourth-order valence-corrected chi connectivity index (χ4v) is 3.46. The average Bonchev–Trinajstić information content (AvgIpc) is 3.32. The van der Waals surface area contributed by atoms with Crippen LogP contribution < -0.4 is 5.73 Å².